The zero-order chi connectivity index (χ0) is 17.6. The van der Waals surface area contributed by atoms with Crippen LogP contribution in [0.1, 0.15) is 5.56 Å². The van der Waals surface area contributed by atoms with Crippen LogP contribution in [-0.2, 0) is 12.3 Å². The van der Waals surface area contributed by atoms with Crippen LogP contribution < -0.4 is 0 Å². The summed E-state index contributed by atoms with van der Waals surface area (Å²) in [7, 11) is 0. The Kier molecular flexibility index (Phi) is 6.07. The fraction of sp³-hybridized carbons (Fsp3) is 0.118. The van der Waals surface area contributed by atoms with Crippen LogP contribution in [0.3, 0.4) is 0 Å². The van der Waals surface area contributed by atoms with Gasteiger partial charge in [0.05, 0.1) is 17.3 Å². The molecule has 0 unspecified atom stereocenters. The third-order valence-corrected chi connectivity index (χ3v) is 4.76. The number of rotatable bonds is 5. The summed E-state index contributed by atoms with van der Waals surface area (Å²) < 4.78 is 15.7. The molecule has 1 heterocycles. The molecule has 8 heteroatoms. The first-order valence-electron chi connectivity index (χ1n) is 7.32. The summed E-state index contributed by atoms with van der Waals surface area (Å²) in [5.74, 6) is 0.218. The lowest BCUT2D eigenvalue weighted by Crippen LogP contribution is -2.08. The Labute approximate surface area is 158 Å². The fourth-order valence-electron chi connectivity index (χ4n) is 2.02. The minimum Gasteiger partial charge on any atom is -0.246 e. The highest BCUT2D eigenvalue weighted by molar-refractivity contribution is 8.13. The quantitative estimate of drug-likeness (QED) is 0.430. The van der Waals surface area contributed by atoms with Gasteiger partial charge in [0.25, 0.3) is 0 Å². The molecule has 0 amide bonds. The summed E-state index contributed by atoms with van der Waals surface area (Å²) in [4.78, 5) is 8.36. The van der Waals surface area contributed by atoms with Gasteiger partial charge in [-0.15, -0.1) is 11.8 Å². The van der Waals surface area contributed by atoms with E-state index in [0.717, 1.165) is 5.56 Å². The van der Waals surface area contributed by atoms with Gasteiger partial charge in [0.2, 0.25) is 0 Å². The van der Waals surface area contributed by atoms with Crippen molar-refractivity contribution in [3.8, 4) is 0 Å². The highest BCUT2D eigenvalue weighted by Crippen LogP contribution is 2.25. The van der Waals surface area contributed by atoms with Gasteiger partial charge in [-0.25, -0.2) is 19.0 Å². The largest absolute Gasteiger partial charge is 0.246 e. The van der Waals surface area contributed by atoms with Crippen LogP contribution in [0.15, 0.2) is 60.1 Å². The molecule has 0 aliphatic carbocycles. The van der Waals surface area contributed by atoms with Crippen molar-refractivity contribution in [1.82, 2.24) is 14.8 Å². The van der Waals surface area contributed by atoms with Crippen molar-refractivity contribution >= 4 is 45.7 Å². The number of nitrogens with zero attached hydrogens (tertiary/aromatic N) is 4. The molecule has 0 aliphatic heterocycles. The zero-order valence-electron chi connectivity index (χ0n) is 12.9. The monoisotopic (exact) mass is 394 g/mol. The van der Waals surface area contributed by atoms with Crippen LogP contribution in [0, 0.1) is 5.82 Å². The number of hydrogen-bond acceptors (Lipinski definition) is 4. The average molecular weight is 395 g/mol. The van der Waals surface area contributed by atoms with E-state index in [1.165, 1.54) is 24.2 Å². The molecule has 0 aliphatic rings. The second-order valence-corrected chi connectivity index (χ2v) is 7.03. The molecular formula is C17H13Cl2FN4S. The molecule has 25 heavy (non-hydrogen) atoms. The lowest BCUT2D eigenvalue weighted by molar-refractivity contribution is 0.629. The standard InChI is InChI=1S/C17H13Cl2FN4S/c18-13-3-1-12(2-4-13)9-25-17(8-24-11-21-10-22-24)23-16-6-5-14(19)7-15(16)20/h1-7,10-11H,8-9H2. The lowest BCUT2D eigenvalue weighted by Gasteiger charge is -2.08. The van der Waals surface area contributed by atoms with Gasteiger partial charge in [-0.2, -0.15) is 5.10 Å². The molecule has 3 aromatic rings. The number of halogens is 3. The molecule has 0 bridgehead atoms. The van der Waals surface area contributed by atoms with Crippen LogP contribution >= 0.6 is 35.0 Å². The van der Waals surface area contributed by atoms with E-state index in [2.05, 4.69) is 15.1 Å². The summed E-state index contributed by atoms with van der Waals surface area (Å²) in [6, 6.07) is 12.0. The number of hydrogen-bond donors (Lipinski definition) is 0. The maximum Gasteiger partial charge on any atom is 0.150 e. The maximum absolute atomic E-state index is 14.0. The minimum absolute atomic E-state index is 0.239. The molecule has 0 fully saturated rings. The molecule has 3 rings (SSSR count). The van der Waals surface area contributed by atoms with E-state index < -0.39 is 5.82 Å². The van der Waals surface area contributed by atoms with Gasteiger partial charge in [0, 0.05) is 15.8 Å². The van der Waals surface area contributed by atoms with Crippen molar-refractivity contribution in [3.63, 3.8) is 0 Å². The van der Waals surface area contributed by atoms with Gasteiger partial charge in [-0.1, -0.05) is 35.3 Å². The number of thioether (sulfide) groups is 1. The number of aliphatic imine (C=N–C) groups is 1. The molecular weight excluding hydrogens is 382 g/mol. The average Bonchev–Trinajstić information content (AvgIpc) is 3.09. The normalized spacial score (nSPS) is 11.7. The van der Waals surface area contributed by atoms with E-state index in [4.69, 9.17) is 23.2 Å². The molecule has 4 nitrogen and oxygen atoms in total. The smallest absolute Gasteiger partial charge is 0.150 e. The third-order valence-electron chi connectivity index (χ3n) is 3.24. The summed E-state index contributed by atoms with van der Waals surface area (Å²) >= 11 is 13.2. The minimum atomic E-state index is -0.462. The van der Waals surface area contributed by atoms with Gasteiger partial charge >= 0.3 is 0 Å². The second kappa shape index (κ2) is 8.47. The Hall–Kier alpha value is -1.89. The predicted molar refractivity (Wildman–Crippen MR) is 101 cm³/mol. The fourth-order valence-corrected chi connectivity index (χ4v) is 3.22. The summed E-state index contributed by atoms with van der Waals surface area (Å²) in [5, 5.41) is 5.81. The Morgan fingerprint density at radius 3 is 2.56 bits per heavy atom. The Balaban J connectivity index is 1.81. The summed E-state index contributed by atoms with van der Waals surface area (Å²) in [6.45, 7) is 0.403. The van der Waals surface area contributed by atoms with Crippen molar-refractivity contribution in [2.45, 2.75) is 12.3 Å². The van der Waals surface area contributed by atoms with Crippen LogP contribution in [0.5, 0.6) is 0 Å². The predicted octanol–water partition coefficient (Wildman–Crippen LogP) is 5.39. The Bertz CT molecular complexity index is 867. The Morgan fingerprint density at radius 2 is 1.88 bits per heavy atom. The zero-order valence-corrected chi connectivity index (χ0v) is 15.3. The van der Waals surface area contributed by atoms with E-state index in [-0.39, 0.29) is 5.69 Å². The van der Waals surface area contributed by atoms with Crippen molar-refractivity contribution in [2.24, 2.45) is 4.99 Å². The molecule has 0 radical (unpaired) electrons. The van der Waals surface area contributed by atoms with E-state index in [0.29, 0.717) is 27.4 Å². The molecule has 1 aromatic heterocycles. The lowest BCUT2D eigenvalue weighted by atomic mass is 10.2. The molecule has 0 N–H and O–H groups in total. The van der Waals surface area contributed by atoms with Crippen molar-refractivity contribution < 1.29 is 4.39 Å². The van der Waals surface area contributed by atoms with Crippen LogP contribution in [-0.4, -0.2) is 19.8 Å². The molecule has 0 spiro atoms. The molecule has 0 saturated carbocycles. The van der Waals surface area contributed by atoms with E-state index >= 15 is 0 Å². The highest BCUT2D eigenvalue weighted by Gasteiger charge is 2.08. The van der Waals surface area contributed by atoms with Gasteiger partial charge in [0.1, 0.15) is 18.5 Å². The molecule has 128 valence electrons. The van der Waals surface area contributed by atoms with E-state index in [9.17, 15) is 4.39 Å². The Morgan fingerprint density at radius 1 is 1.12 bits per heavy atom. The first-order chi connectivity index (χ1) is 12.1. The maximum atomic E-state index is 14.0. The molecule has 0 saturated heterocycles. The first-order valence-corrected chi connectivity index (χ1v) is 9.06. The van der Waals surface area contributed by atoms with Crippen molar-refractivity contribution in [1.29, 1.82) is 0 Å². The van der Waals surface area contributed by atoms with Crippen LogP contribution in [0.25, 0.3) is 0 Å². The van der Waals surface area contributed by atoms with E-state index in [1.54, 1.807) is 23.1 Å². The van der Waals surface area contributed by atoms with Crippen LogP contribution in [0.2, 0.25) is 10.0 Å². The molecule has 2 aromatic carbocycles. The van der Waals surface area contributed by atoms with Gasteiger partial charge in [0.15, 0.2) is 0 Å². The number of benzene rings is 2. The van der Waals surface area contributed by atoms with Gasteiger partial charge < -0.3 is 0 Å². The first kappa shape index (κ1) is 17.9. The van der Waals surface area contributed by atoms with Gasteiger partial charge in [-0.05, 0) is 35.9 Å². The van der Waals surface area contributed by atoms with Crippen LogP contribution in [0.4, 0.5) is 10.1 Å². The van der Waals surface area contributed by atoms with Crippen molar-refractivity contribution in [3.05, 3.63) is 76.5 Å². The SMILES string of the molecule is Fc1cc(Cl)ccc1N=C(Cn1cncn1)SCc1ccc(Cl)cc1. The second-order valence-electron chi connectivity index (χ2n) is 5.11. The number of aromatic nitrogens is 3. The third kappa shape index (κ3) is 5.29. The summed E-state index contributed by atoms with van der Waals surface area (Å²) in [5.41, 5.74) is 1.33. The topological polar surface area (TPSA) is 43.1 Å². The van der Waals surface area contributed by atoms with Crippen molar-refractivity contribution in [2.75, 3.05) is 0 Å². The highest BCUT2D eigenvalue weighted by atomic mass is 35.5. The van der Waals surface area contributed by atoms with Gasteiger partial charge in [-0.3, -0.25) is 0 Å². The molecule has 0 atom stereocenters. The summed E-state index contributed by atoms with van der Waals surface area (Å²) in [6.07, 6.45) is 3.04. The van der Waals surface area contributed by atoms with E-state index in [1.807, 2.05) is 24.3 Å².